The summed E-state index contributed by atoms with van der Waals surface area (Å²) in [5.74, 6) is -0.000617. The van der Waals surface area contributed by atoms with Gasteiger partial charge >= 0.3 is 12.0 Å². The van der Waals surface area contributed by atoms with Gasteiger partial charge in [0.05, 0.1) is 13.2 Å². The molecule has 1 aromatic heterocycles. The van der Waals surface area contributed by atoms with Crippen LogP contribution in [0.3, 0.4) is 0 Å². The Bertz CT molecular complexity index is 718. The van der Waals surface area contributed by atoms with Gasteiger partial charge in [0, 0.05) is 12.8 Å². The number of benzene rings is 1. The van der Waals surface area contributed by atoms with E-state index >= 15 is 0 Å². The number of carbonyl (C=O) groups excluding carboxylic acids is 2. The first-order chi connectivity index (χ1) is 12.5. The van der Waals surface area contributed by atoms with Crippen molar-refractivity contribution in [3.05, 3.63) is 40.9 Å². The Kier molecular flexibility index (Phi) is 7.53. The van der Waals surface area contributed by atoms with Crippen molar-refractivity contribution in [2.24, 2.45) is 5.92 Å². The summed E-state index contributed by atoms with van der Waals surface area (Å²) in [4.78, 5) is 23.4. The molecule has 2 amide bonds. The van der Waals surface area contributed by atoms with Crippen LogP contribution in [0.1, 0.15) is 43.3 Å². The predicted molar refractivity (Wildman–Crippen MR) is 101 cm³/mol. The van der Waals surface area contributed by atoms with Crippen molar-refractivity contribution < 1.29 is 14.3 Å². The Labute approximate surface area is 157 Å². The molecule has 0 saturated heterocycles. The summed E-state index contributed by atoms with van der Waals surface area (Å²) in [5, 5.41) is 14.9. The highest BCUT2D eigenvalue weighted by molar-refractivity contribution is 7.15. The minimum absolute atomic E-state index is 0.0938. The quantitative estimate of drug-likeness (QED) is 0.687. The fourth-order valence-electron chi connectivity index (χ4n) is 2.46. The van der Waals surface area contributed by atoms with E-state index in [4.69, 9.17) is 0 Å². The number of nitrogens with one attached hydrogen (secondary N) is 2. The van der Waals surface area contributed by atoms with Crippen LogP contribution in [0.5, 0.6) is 0 Å². The predicted octanol–water partition coefficient (Wildman–Crippen LogP) is 3.55. The second kappa shape index (κ2) is 9.86. The largest absolute Gasteiger partial charge is 0.469 e. The number of amides is 2. The average Bonchev–Trinajstić information content (AvgIpc) is 3.07. The van der Waals surface area contributed by atoms with Gasteiger partial charge in [-0.05, 0) is 17.9 Å². The third kappa shape index (κ3) is 6.11. The molecule has 7 nitrogen and oxygen atoms in total. The summed E-state index contributed by atoms with van der Waals surface area (Å²) in [5.41, 5.74) is 1.05. The third-order valence-electron chi connectivity index (χ3n) is 3.80. The Balaban J connectivity index is 1.88. The molecule has 0 radical (unpaired) electrons. The van der Waals surface area contributed by atoms with E-state index in [0.717, 1.165) is 10.6 Å². The molecule has 0 aliphatic carbocycles. The molecule has 140 valence electrons. The fraction of sp³-hybridized carbons (Fsp3) is 0.444. The van der Waals surface area contributed by atoms with Crippen LogP contribution in [0.2, 0.25) is 0 Å². The first kappa shape index (κ1) is 19.8. The van der Waals surface area contributed by atoms with E-state index in [1.165, 1.54) is 18.4 Å². The molecule has 2 aromatic rings. The third-order valence-corrected chi connectivity index (χ3v) is 4.70. The highest BCUT2D eigenvalue weighted by Crippen LogP contribution is 2.22. The number of hydrogen-bond donors (Lipinski definition) is 2. The second-order valence-electron chi connectivity index (χ2n) is 6.16. The topological polar surface area (TPSA) is 93.2 Å². The number of hydrogen-bond acceptors (Lipinski definition) is 6. The molecule has 0 fully saturated rings. The van der Waals surface area contributed by atoms with E-state index in [-0.39, 0.29) is 24.0 Å². The monoisotopic (exact) mass is 376 g/mol. The van der Waals surface area contributed by atoms with Gasteiger partial charge in [0.15, 0.2) is 0 Å². The summed E-state index contributed by atoms with van der Waals surface area (Å²) in [6, 6.07) is 9.44. The lowest BCUT2D eigenvalue weighted by Crippen LogP contribution is -2.35. The van der Waals surface area contributed by atoms with E-state index in [1.807, 2.05) is 30.3 Å². The molecule has 2 rings (SSSR count). The molecular weight excluding hydrogens is 352 g/mol. The standard InChI is InChI=1S/C18H24N4O3S/c1-12(2)16(13-8-5-4-6-9-13)19-17(24)20-18-22-21-14(26-18)10-7-11-15(23)25-3/h4-6,8-9,12,16H,7,10-11H2,1-3H3,(H2,19,20,22,24). The zero-order valence-corrected chi connectivity index (χ0v) is 16.0. The normalized spacial score (nSPS) is 11.8. The van der Waals surface area contributed by atoms with Crippen molar-refractivity contribution in [2.75, 3.05) is 12.4 Å². The molecule has 1 unspecified atom stereocenters. The molecule has 0 bridgehead atoms. The summed E-state index contributed by atoms with van der Waals surface area (Å²) >= 11 is 1.31. The number of esters is 1. The van der Waals surface area contributed by atoms with Crippen LogP contribution in [0.15, 0.2) is 30.3 Å². The highest BCUT2D eigenvalue weighted by Gasteiger charge is 2.19. The molecule has 0 aliphatic heterocycles. The zero-order valence-electron chi connectivity index (χ0n) is 15.2. The Morgan fingerprint density at radius 1 is 1.19 bits per heavy atom. The van der Waals surface area contributed by atoms with Gasteiger partial charge in [0.1, 0.15) is 5.01 Å². The van der Waals surface area contributed by atoms with Crippen LogP contribution in [-0.4, -0.2) is 29.3 Å². The number of anilines is 1. The summed E-state index contributed by atoms with van der Waals surface area (Å²) in [6.45, 7) is 4.12. The van der Waals surface area contributed by atoms with Crippen LogP contribution in [-0.2, 0) is 16.0 Å². The van der Waals surface area contributed by atoms with Gasteiger partial charge in [-0.25, -0.2) is 4.79 Å². The Morgan fingerprint density at radius 3 is 2.58 bits per heavy atom. The molecule has 0 spiro atoms. The van der Waals surface area contributed by atoms with E-state index in [2.05, 4.69) is 39.4 Å². The summed E-state index contributed by atoms with van der Waals surface area (Å²) in [6.07, 6.45) is 1.60. The highest BCUT2D eigenvalue weighted by atomic mass is 32.1. The molecule has 0 aliphatic rings. The number of nitrogens with zero attached hydrogens (tertiary/aromatic N) is 2. The van der Waals surface area contributed by atoms with E-state index < -0.39 is 0 Å². The number of rotatable bonds is 8. The Morgan fingerprint density at radius 2 is 1.92 bits per heavy atom. The van der Waals surface area contributed by atoms with Crippen LogP contribution < -0.4 is 10.6 Å². The van der Waals surface area contributed by atoms with Crippen molar-refractivity contribution in [3.8, 4) is 0 Å². The van der Waals surface area contributed by atoms with Gasteiger partial charge in [-0.1, -0.05) is 55.5 Å². The summed E-state index contributed by atoms with van der Waals surface area (Å²) < 4.78 is 4.60. The van der Waals surface area contributed by atoms with Crippen molar-refractivity contribution in [2.45, 2.75) is 39.2 Å². The SMILES string of the molecule is COC(=O)CCCc1nnc(NC(=O)NC(c2ccccc2)C(C)C)s1. The number of aromatic nitrogens is 2. The number of urea groups is 1. The van der Waals surface area contributed by atoms with Crippen LogP contribution >= 0.6 is 11.3 Å². The first-order valence-corrected chi connectivity index (χ1v) is 9.33. The molecule has 1 aromatic carbocycles. The maximum absolute atomic E-state index is 12.3. The van der Waals surface area contributed by atoms with Gasteiger partial charge in [-0.3, -0.25) is 10.1 Å². The lowest BCUT2D eigenvalue weighted by Gasteiger charge is -2.22. The van der Waals surface area contributed by atoms with E-state index in [9.17, 15) is 9.59 Å². The maximum atomic E-state index is 12.3. The van der Waals surface area contributed by atoms with E-state index in [1.54, 1.807) is 0 Å². The van der Waals surface area contributed by atoms with Gasteiger partial charge < -0.3 is 10.1 Å². The molecule has 1 atom stereocenters. The molecular formula is C18H24N4O3S. The van der Waals surface area contributed by atoms with Crippen molar-refractivity contribution >= 4 is 28.5 Å². The summed E-state index contributed by atoms with van der Waals surface area (Å²) in [7, 11) is 1.37. The van der Waals surface area contributed by atoms with Crippen LogP contribution in [0.25, 0.3) is 0 Å². The van der Waals surface area contributed by atoms with Gasteiger partial charge in [-0.2, -0.15) is 0 Å². The van der Waals surface area contributed by atoms with E-state index in [0.29, 0.717) is 24.4 Å². The van der Waals surface area contributed by atoms with Gasteiger partial charge in [0.2, 0.25) is 5.13 Å². The van der Waals surface area contributed by atoms with Crippen LogP contribution in [0, 0.1) is 5.92 Å². The number of aryl methyl sites for hydroxylation is 1. The average molecular weight is 376 g/mol. The number of ether oxygens (including phenoxy) is 1. The molecule has 8 heteroatoms. The number of methoxy groups -OCH3 is 1. The van der Waals surface area contributed by atoms with Crippen molar-refractivity contribution in [1.82, 2.24) is 15.5 Å². The smallest absolute Gasteiger partial charge is 0.321 e. The lowest BCUT2D eigenvalue weighted by molar-refractivity contribution is -0.140. The first-order valence-electron chi connectivity index (χ1n) is 8.51. The molecule has 26 heavy (non-hydrogen) atoms. The minimum atomic E-state index is -0.315. The van der Waals surface area contributed by atoms with Gasteiger partial charge in [-0.15, -0.1) is 10.2 Å². The van der Waals surface area contributed by atoms with Crippen molar-refractivity contribution in [3.63, 3.8) is 0 Å². The molecule has 2 N–H and O–H groups in total. The molecule has 1 heterocycles. The fourth-order valence-corrected chi connectivity index (χ4v) is 3.24. The van der Waals surface area contributed by atoms with Gasteiger partial charge in [0.25, 0.3) is 0 Å². The minimum Gasteiger partial charge on any atom is -0.469 e. The zero-order chi connectivity index (χ0) is 18.9. The second-order valence-corrected chi connectivity index (χ2v) is 7.22. The van der Waals surface area contributed by atoms with Crippen LogP contribution in [0.4, 0.5) is 9.93 Å². The van der Waals surface area contributed by atoms with Crippen molar-refractivity contribution in [1.29, 1.82) is 0 Å². The number of carbonyl (C=O) groups is 2. The lowest BCUT2D eigenvalue weighted by atomic mass is 9.96. The Hall–Kier alpha value is -2.48. The molecule has 0 saturated carbocycles. The maximum Gasteiger partial charge on any atom is 0.321 e.